The van der Waals surface area contributed by atoms with Crippen LogP contribution in [-0.2, 0) is 4.79 Å². The highest BCUT2D eigenvalue weighted by molar-refractivity contribution is 5.93. The summed E-state index contributed by atoms with van der Waals surface area (Å²) in [6.45, 7) is 4.34. The number of carbonyl (C=O) groups excluding carboxylic acids is 2. The van der Waals surface area contributed by atoms with Crippen molar-refractivity contribution < 1.29 is 19.1 Å². The summed E-state index contributed by atoms with van der Waals surface area (Å²) in [5, 5.41) is 2.99. The first-order valence-corrected chi connectivity index (χ1v) is 13.3. The predicted molar refractivity (Wildman–Crippen MR) is 144 cm³/mol. The van der Waals surface area contributed by atoms with E-state index in [0.29, 0.717) is 29.2 Å². The molecule has 36 heavy (non-hydrogen) atoms. The summed E-state index contributed by atoms with van der Waals surface area (Å²) in [6, 6.07) is 10.5. The van der Waals surface area contributed by atoms with Crippen molar-refractivity contribution in [1.82, 2.24) is 0 Å². The van der Waals surface area contributed by atoms with Crippen LogP contribution in [0.2, 0.25) is 0 Å². The van der Waals surface area contributed by atoms with E-state index in [0.717, 1.165) is 61.0 Å². The van der Waals surface area contributed by atoms with Crippen LogP contribution in [0.5, 0.6) is 11.5 Å². The van der Waals surface area contributed by atoms with E-state index in [1.54, 1.807) is 37.4 Å². The van der Waals surface area contributed by atoms with Gasteiger partial charge in [0.1, 0.15) is 23.4 Å². The molecule has 0 spiro atoms. The van der Waals surface area contributed by atoms with Crippen LogP contribution < -0.4 is 20.5 Å². The van der Waals surface area contributed by atoms with Crippen LogP contribution in [0.3, 0.4) is 0 Å². The van der Waals surface area contributed by atoms with Crippen molar-refractivity contribution >= 4 is 23.6 Å². The van der Waals surface area contributed by atoms with Crippen molar-refractivity contribution in [1.29, 1.82) is 0 Å². The van der Waals surface area contributed by atoms with Gasteiger partial charge >= 0.3 is 5.97 Å². The van der Waals surface area contributed by atoms with Gasteiger partial charge in [-0.3, -0.25) is 0 Å². The highest BCUT2D eigenvalue weighted by atomic mass is 16.5. The number of aldehydes is 1. The van der Waals surface area contributed by atoms with Gasteiger partial charge in [-0.15, -0.1) is 0 Å². The fourth-order valence-electron chi connectivity index (χ4n) is 5.96. The van der Waals surface area contributed by atoms with Crippen LogP contribution in [0.4, 0.5) is 11.4 Å². The summed E-state index contributed by atoms with van der Waals surface area (Å²) >= 11 is 0. The number of ether oxygens (including phenoxy) is 2. The lowest BCUT2D eigenvalue weighted by molar-refractivity contribution is -0.113. The molecule has 194 valence electrons. The molecule has 0 radical (unpaired) electrons. The SMILES string of the molecule is CNc1cc(N)cc(C(=O)Oc2ccc(C)c(OC3(CC=O)CCC(C4CCC(C)CC4)CC3)c2)c1. The van der Waals surface area contributed by atoms with Crippen LogP contribution in [0.1, 0.15) is 80.6 Å². The number of anilines is 2. The standard InChI is InChI=1S/C30H40N2O4/c1-20-4-7-22(8-5-20)23-10-12-30(13-11-23,14-15-33)36-28-19-27(9-6-21(28)2)35-29(34)24-16-25(31)18-26(17-24)32-3/h6,9,15-20,22-23,32H,4-5,7-8,10-14,31H2,1-3H3. The van der Waals surface area contributed by atoms with Gasteiger partial charge in [-0.05, 0) is 93.0 Å². The number of nitrogens with one attached hydrogen (secondary N) is 1. The van der Waals surface area contributed by atoms with Gasteiger partial charge < -0.3 is 25.3 Å². The molecule has 2 fully saturated rings. The Labute approximate surface area is 214 Å². The largest absolute Gasteiger partial charge is 0.486 e. The summed E-state index contributed by atoms with van der Waals surface area (Å²) in [4.78, 5) is 24.5. The molecule has 6 nitrogen and oxygen atoms in total. The molecule has 0 heterocycles. The lowest BCUT2D eigenvalue weighted by Crippen LogP contribution is -2.42. The summed E-state index contributed by atoms with van der Waals surface area (Å²) in [7, 11) is 1.77. The Kier molecular flexibility index (Phi) is 8.22. The molecule has 0 aliphatic heterocycles. The molecular formula is C30H40N2O4. The van der Waals surface area contributed by atoms with Crippen LogP contribution >= 0.6 is 0 Å². The van der Waals surface area contributed by atoms with E-state index in [1.165, 1.54) is 25.7 Å². The molecule has 0 bridgehead atoms. The average Bonchev–Trinajstić information content (AvgIpc) is 2.87. The second-order valence-electron chi connectivity index (χ2n) is 10.9. The predicted octanol–water partition coefficient (Wildman–Crippen LogP) is 6.56. The summed E-state index contributed by atoms with van der Waals surface area (Å²) in [6.07, 6.45) is 10.7. The third-order valence-electron chi connectivity index (χ3n) is 8.30. The highest BCUT2D eigenvalue weighted by Gasteiger charge is 2.40. The van der Waals surface area contributed by atoms with Gasteiger partial charge in [-0.1, -0.05) is 25.8 Å². The van der Waals surface area contributed by atoms with Crippen LogP contribution in [-0.4, -0.2) is 24.9 Å². The Bertz CT molecular complexity index is 1070. The van der Waals surface area contributed by atoms with Gasteiger partial charge in [0, 0.05) is 30.9 Å². The van der Waals surface area contributed by atoms with Crippen LogP contribution in [0.15, 0.2) is 36.4 Å². The van der Waals surface area contributed by atoms with Crippen molar-refractivity contribution in [2.75, 3.05) is 18.1 Å². The van der Waals surface area contributed by atoms with Crippen molar-refractivity contribution in [3.63, 3.8) is 0 Å². The minimum Gasteiger partial charge on any atom is -0.486 e. The number of nitrogens with two attached hydrogens (primary N) is 1. The van der Waals surface area contributed by atoms with Gasteiger partial charge in [0.15, 0.2) is 0 Å². The molecule has 0 atom stereocenters. The number of carbonyl (C=O) groups is 2. The zero-order chi connectivity index (χ0) is 25.7. The van der Waals surface area contributed by atoms with Crippen molar-refractivity contribution in [3.8, 4) is 11.5 Å². The Hall–Kier alpha value is -3.02. The molecular weight excluding hydrogens is 452 g/mol. The number of benzene rings is 2. The lowest BCUT2D eigenvalue weighted by Gasteiger charge is -2.43. The first-order valence-electron chi connectivity index (χ1n) is 13.3. The maximum absolute atomic E-state index is 12.8. The Balaban J connectivity index is 1.45. The molecule has 2 aromatic carbocycles. The minimum absolute atomic E-state index is 0.371. The molecule has 0 amide bonds. The Morgan fingerprint density at radius 2 is 1.75 bits per heavy atom. The number of hydrogen-bond donors (Lipinski definition) is 2. The maximum atomic E-state index is 12.8. The fourth-order valence-corrected chi connectivity index (χ4v) is 5.96. The van der Waals surface area contributed by atoms with E-state index >= 15 is 0 Å². The molecule has 2 aliphatic carbocycles. The molecule has 2 saturated carbocycles. The lowest BCUT2D eigenvalue weighted by atomic mass is 9.68. The normalized spacial score (nSPS) is 26.1. The molecule has 0 unspecified atom stereocenters. The summed E-state index contributed by atoms with van der Waals surface area (Å²) in [5.41, 5.74) is 7.97. The van der Waals surface area contributed by atoms with Gasteiger partial charge in [0.2, 0.25) is 0 Å². The second-order valence-corrected chi connectivity index (χ2v) is 10.9. The van der Waals surface area contributed by atoms with E-state index in [2.05, 4.69) is 12.2 Å². The van der Waals surface area contributed by atoms with Gasteiger partial charge in [-0.25, -0.2) is 4.79 Å². The topological polar surface area (TPSA) is 90.7 Å². The molecule has 3 N–H and O–H groups in total. The molecule has 2 aliphatic rings. The number of rotatable bonds is 8. The number of aryl methyl sites for hydroxylation is 1. The average molecular weight is 493 g/mol. The van der Waals surface area contributed by atoms with Crippen LogP contribution in [0.25, 0.3) is 0 Å². The van der Waals surface area contributed by atoms with Crippen molar-refractivity contribution in [2.24, 2.45) is 17.8 Å². The van der Waals surface area contributed by atoms with Gasteiger partial charge in [0.25, 0.3) is 0 Å². The smallest absolute Gasteiger partial charge is 0.343 e. The third kappa shape index (κ3) is 6.21. The Morgan fingerprint density at radius 1 is 1.06 bits per heavy atom. The second kappa shape index (κ2) is 11.4. The van der Waals surface area contributed by atoms with Crippen molar-refractivity contribution in [3.05, 3.63) is 47.5 Å². The van der Waals surface area contributed by atoms with E-state index in [4.69, 9.17) is 15.2 Å². The maximum Gasteiger partial charge on any atom is 0.343 e. The molecule has 4 rings (SSSR count). The third-order valence-corrected chi connectivity index (χ3v) is 8.30. The van der Waals surface area contributed by atoms with E-state index < -0.39 is 11.6 Å². The molecule has 2 aromatic rings. The first-order chi connectivity index (χ1) is 17.3. The van der Waals surface area contributed by atoms with Crippen LogP contribution in [0, 0.1) is 24.7 Å². The highest BCUT2D eigenvalue weighted by Crippen LogP contribution is 2.45. The van der Waals surface area contributed by atoms with Gasteiger partial charge in [-0.2, -0.15) is 0 Å². The molecule has 0 aromatic heterocycles. The minimum atomic E-state index is -0.497. The quantitative estimate of drug-likeness (QED) is 0.188. The molecule has 6 heteroatoms. The number of nitrogen functional groups attached to an aromatic ring is 1. The number of esters is 1. The monoisotopic (exact) mass is 492 g/mol. The first kappa shape index (κ1) is 26.1. The number of hydrogen-bond acceptors (Lipinski definition) is 6. The molecule has 0 saturated heterocycles. The van der Waals surface area contributed by atoms with E-state index in [9.17, 15) is 9.59 Å². The zero-order valence-electron chi connectivity index (χ0n) is 21.8. The van der Waals surface area contributed by atoms with E-state index in [-0.39, 0.29) is 0 Å². The van der Waals surface area contributed by atoms with Crippen molar-refractivity contribution in [2.45, 2.75) is 77.2 Å². The van der Waals surface area contributed by atoms with Gasteiger partial charge in [0.05, 0.1) is 5.56 Å². The summed E-state index contributed by atoms with van der Waals surface area (Å²) < 4.78 is 12.3. The summed E-state index contributed by atoms with van der Waals surface area (Å²) in [5.74, 6) is 2.98. The zero-order valence-corrected chi connectivity index (χ0v) is 21.8. The Morgan fingerprint density at radius 3 is 2.42 bits per heavy atom. The fraction of sp³-hybridized carbons (Fsp3) is 0.533. The van der Waals surface area contributed by atoms with E-state index in [1.807, 2.05) is 13.0 Å².